The van der Waals surface area contributed by atoms with Crippen molar-refractivity contribution in [1.29, 1.82) is 0 Å². The van der Waals surface area contributed by atoms with Gasteiger partial charge in [0, 0.05) is 22.5 Å². The van der Waals surface area contributed by atoms with E-state index in [2.05, 4.69) is 9.97 Å². The summed E-state index contributed by atoms with van der Waals surface area (Å²) in [5.74, 6) is 0. The van der Waals surface area contributed by atoms with Crippen LogP contribution in [0.3, 0.4) is 0 Å². The second kappa shape index (κ2) is 3.76. The van der Waals surface area contributed by atoms with Gasteiger partial charge < -0.3 is 5.73 Å². The number of rotatable bonds is 2. The molecule has 1 atom stereocenters. The third kappa shape index (κ3) is 1.84. The summed E-state index contributed by atoms with van der Waals surface area (Å²) in [6.45, 7) is 3.92. The van der Waals surface area contributed by atoms with Crippen molar-refractivity contribution in [2.24, 2.45) is 5.73 Å². The number of nitrogens with zero attached hydrogens (tertiary/aromatic N) is 2. The highest BCUT2D eigenvalue weighted by Gasteiger charge is 2.09. The minimum Gasteiger partial charge on any atom is -0.323 e. The van der Waals surface area contributed by atoms with Gasteiger partial charge in [0.2, 0.25) is 0 Å². The van der Waals surface area contributed by atoms with Crippen LogP contribution in [0.15, 0.2) is 10.8 Å². The second-order valence-corrected chi connectivity index (χ2v) is 4.88. The van der Waals surface area contributed by atoms with Crippen molar-refractivity contribution in [3.05, 3.63) is 22.1 Å². The van der Waals surface area contributed by atoms with E-state index in [1.54, 1.807) is 22.7 Å². The highest BCUT2D eigenvalue weighted by molar-refractivity contribution is 7.19. The van der Waals surface area contributed by atoms with Gasteiger partial charge in [-0.25, -0.2) is 9.97 Å². The van der Waals surface area contributed by atoms with E-state index >= 15 is 0 Å². The molecule has 14 heavy (non-hydrogen) atoms. The number of aryl methyl sites for hydroxylation is 1. The van der Waals surface area contributed by atoms with Crippen LogP contribution in [0.5, 0.6) is 0 Å². The lowest BCUT2D eigenvalue weighted by atomic mass is 10.3. The molecule has 2 heterocycles. The maximum Gasteiger partial charge on any atom is 0.152 e. The van der Waals surface area contributed by atoms with Crippen molar-refractivity contribution in [1.82, 2.24) is 9.97 Å². The van der Waals surface area contributed by atoms with Gasteiger partial charge in [-0.2, -0.15) is 0 Å². The second-order valence-electron chi connectivity index (χ2n) is 3.16. The highest BCUT2D eigenvalue weighted by Crippen LogP contribution is 2.27. The predicted octanol–water partition coefficient (Wildman–Crippen LogP) is 2.59. The molecule has 0 aromatic carbocycles. The van der Waals surface area contributed by atoms with Crippen LogP contribution in [0, 0.1) is 6.92 Å². The number of hydrogen-bond donors (Lipinski definition) is 1. The van der Waals surface area contributed by atoms with Gasteiger partial charge in [0.15, 0.2) is 10.0 Å². The standard InChI is InChI=1S/C9H11N3S2/c1-5-3-13-8(11-5)9-12-7(4-14-9)6(2)10/h3-4,6H,10H2,1-2H3. The summed E-state index contributed by atoms with van der Waals surface area (Å²) in [5.41, 5.74) is 7.72. The Kier molecular flexibility index (Phi) is 2.62. The summed E-state index contributed by atoms with van der Waals surface area (Å²) in [7, 11) is 0. The van der Waals surface area contributed by atoms with Crippen LogP contribution in [0.1, 0.15) is 24.4 Å². The SMILES string of the molecule is Cc1csc(-c2nc(C(C)N)cs2)n1. The van der Waals surface area contributed by atoms with Crippen molar-refractivity contribution in [3.8, 4) is 10.0 Å². The third-order valence-corrected chi connectivity index (χ3v) is 3.75. The normalized spacial score (nSPS) is 13.1. The predicted molar refractivity (Wildman–Crippen MR) is 60.6 cm³/mol. The average Bonchev–Trinajstić information content (AvgIpc) is 2.70. The van der Waals surface area contributed by atoms with E-state index in [0.717, 1.165) is 21.4 Å². The molecule has 2 rings (SSSR count). The van der Waals surface area contributed by atoms with Gasteiger partial charge in [0.25, 0.3) is 0 Å². The maximum atomic E-state index is 5.74. The Morgan fingerprint density at radius 1 is 1.21 bits per heavy atom. The Labute approximate surface area is 90.6 Å². The minimum atomic E-state index is 0.000981. The van der Waals surface area contributed by atoms with Crippen LogP contribution in [0.2, 0.25) is 0 Å². The summed E-state index contributed by atoms with van der Waals surface area (Å²) in [6, 6.07) is 0.000981. The zero-order valence-electron chi connectivity index (χ0n) is 8.02. The molecule has 2 aromatic rings. The Morgan fingerprint density at radius 3 is 2.36 bits per heavy atom. The van der Waals surface area contributed by atoms with Gasteiger partial charge in [0.05, 0.1) is 5.69 Å². The van der Waals surface area contributed by atoms with Crippen LogP contribution in [-0.2, 0) is 0 Å². The zero-order valence-corrected chi connectivity index (χ0v) is 9.65. The molecule has 3 nitrogen and oxygen atoms in total. The first-order chi connectivity index (χ1) is 6.66. The molecule has 0 fully saturated rings. The van der Waals surface area contributed by atoms with Crippen LogP contribution >= 0.6 is 22.7 Å². The summed E-state index contributed by atoms with van der Waals surface area (Å²) < 4.78 is 0. The maximum absolute atomic E-state index is 5.74. The number of hydrogen-bond acceptors (Lipinski definition) is 5. The molecular weight excluding hydrogens is 214 g/mol. The molecular formula is C9H11N3S2. The van der Waals surface area contributed by atoms with Gasteiger partial charge in [-0.15, -0.1) is 22.7 Å². The van der Waals surface area contributed by atoms with Crippen molar-refractivity contribution in [3.63, 3.8) is 0 Å². The van der Waals surface area contributed by atoms with E-state index in [9.17, 15) is 0 Å². The van der Waals surface area contributed by atoms with Crippen LogP contribution in [0.4, 0.5) is 0 Å². The van der Waals surface area contributed by atoms with E-state index in [0.29, 0.717) is 0 Å². The molecule has 0 amide bonds. The largest absolute Gasteiger partial charge is 0.323 e. The lowest BCUT2D eigenvalue weighted by molar-refractivity contribution is 0.790. The van der Waals surface area contributed by atoms with Gasteiger partial charge in [-0.1, -0.05) is 0 Å². The van der Waals surface area contributed by atoms with E-state index < -0.39 is 0 Å². The van der Waals surface area contributed by atoms with Crippen LogP contribution < -0.4 is 5.73 Å². The molecule has 1 unspecified atom stereocenters. The lowest BCUT2D eigenvalue weighted by Crippen LogP contribution is -2.04. The molecule has 5 heteroatoms. The summed E-state index contributed by atoms with van der Waals surface area (Å²) >= 11 is 3.22. The number of nitrogens with two attached hydrogens (primary N) is 1. The summed E-state index contributed by atoms with van der Waals surface area (Å²) in [4.78, 5) is 8.81. The first-order valence-electron chi connectivity index (χ1n) is 4.30. The quantitative estimate of drug-likeness (QED) is 0.854. The van der Waals surface area contributed by atoms with Crippen LogP contribution in [-0.4, -0.2) is 9.97 Å². The molecule has 0 aliphatic rings. The molecule has 0 aliphatic carbocycles. The first kappa shape index (κ1) is 9.76. The van der Waals surface area contributed by atoms with Gasteiger partial charge in [0.1, 0.15) is 0 Å². The summed E-state index contributed by atoms with van der Waals surface area (Å²) in [5, 5.41) is 5.98. The van der Waals surface area contributed by atoms with E-state index in [-0.39, 0.29) is 6.04 Å². The van der Waals surface area contributed by atoms with Gasteiger partial charge in [-0.05, 0) is 13.8 Å². The van der Waals surface area contributed by atoms with Crippen molar-refractivity contribution in [2.45, 2.75) is 19.9 Å². The smallest absolute Gasteiger partial charge is 0.152 e. The fourth-order valence-electron chi connectivity index (χ4n) is 1.05. The molecule has 0 saturated heterocycles. The van der Waals surface area contributed by atoms with E-state index in [1.165, 1.54) is 0 Å². The molecule has 0 bridgehead atoms. The van der Waals surface area contributed by atoms with Crippen molar-refractivity contribution < 1.29 is 0 Å². The topological polar surface area (TPSA) is 51.8 Å². The van der Waals surface area contributed by atoms with Crippen molar-refractivity contribution in [2.75, 3.05) is 0 Å². The average molecular weight is 225 g/mol. The number of thiazole rings is 2. The van der Waals surface area contributed by atoms with E-state index in [1.807, 2.05) is 24.6 Å². The zero-order chi connectivity index (χ0) is 10.1. The monoisotopic (exact) mass is 225 g/mol. The molecule has 2 aromatic heterocycles. The van der Waals surface area contributed by atoms with E-state index in [4.69, 9.17) is 5.73 Å². The summed E-state index contributed by atoms with van der Waals surface area (Å²) in [6.07, 6.45) is 0. The Balaban J connectivity index is 2.33. The van der Waals surface area contributed by atoms with Gasteiger partial charge in [-0.3, -0.25) is 0 Å². The highest BCUT2D eigenvalue weighted by atomic mass is 32.1. The molecule has 0 radical (unpaired) electrons. The Bertz CT molecular complexity index is 431. The number of aromatic nitrogens is 2. The van der Waals surface area contributed by atoms with Crippen LogP contribution in [0.25, 0.3) is 10.0 Å². The molecule has 2 N–H and O–H groups in total. The fourth-order valence-corrected chi connectivity index (χ4v) is 2.82. The molecule has 0 aliphatic heterocycles. The molecule has 0 spiro atoms. The molecule has 74 valence electrons. The third-order valence-electron chi connectivity index (χ3n) is 1.79. The minimum absolute atomic E-state index is 0.000981. The lowest BCUT2D eigenvalue weighted by Gasteiger charge is -1.96. The Morgan fingerprint density at radius 2 is 1.86 bits per heavy atom. The Hall–Kier alpha value is -0.780. The fraction of sp³-hybridized carbons (Fsp3) is 0.333. The molecule has 0 saturated carbocycles. The van der Waals surface area contributed by atoms with Crippen molar-refractivity contribution >= 4 is 22.7 Å². The van der Waals surface area contributed by atoms with Gasteiger partial charge >= 0.3 is 0 Å². The first-order valence-corrected chi connectivity index (χ1v) is 6.06.